The predicted molar refractivity (Wildman–Crippen MR) is 151 cm³/mol. The second-order valence-electron chi connectivity index (χ2n) is 8.78. The number of amides is 1. The largest absolute Gasteiger partial charge is 0.453 e. The summed E-state index contributed by atoms with van der Waals surface area (Å²) in [6.45, 7) is 0.797. The number of carbonyl (C=O) groups excluding carboxylic acids is 1. The maximum Gasteiger partial charge on any atom is 0.294 e. The van der Waals surface area contributed by atoms with E-state index in [0.29, 0.717) is 42.3 Å². The molecule has 0 unspecified atom stereocenters. The van der Waals surface area contributed by atoms with Gasteiger partial charge in [0, 0.05) is 36.1 Å². The van der Waals surface area contributed by atoms with Gasteiger partial charge in [0.05, 0.1) is 12.7 Å². The monoisotopic (exact) mass is 517 g/mol. The highest BCUT2D eigenvalue weighted by Crippen LogP contribution is 2.28. The zero-order chi connectivity index (χ0) is 26.9. The minimum atomic E-state index is -0.330. The molecule has 5 aromatic rings. The lowest BCUT2D eigenvalue weighted by Gasteiger charge is -2.15. The number of ether oxygens (including phenoxy) is 1. The zero-order valence-electron chi connectivity index (χ0n) is 21.2. The first-order chi connectivity index (χ1) is 19.2. The van der Waals surface area contributed by atoms with Crippen LogP contribution in [0.15, 0.2) is 120 Å². The Labute approximate surface area is 225 Å². The first-order valence-corrected chi connectivity index (χ1v) is 12.6. The van der Waals surface area contributed by atoms with Crippen molar-refractivity contribution in [1.82, 2.24) is 20.1 Å². The van der Waals surface area contributed by atoms with Gasteiger partial charge < -0.3 is 15.4 Å². The van der Waals surface area contributed by atoms with Crippen LogP contribution in [0.2, 0.25) is 0 Å². The number of carbonyl (C=O) groups is 1. The van der Waals surface area contributed by atoms with Gasteiger partial charge in [-0.25, -0.2) is 4.68 Å². The van der Waals surface area contributed by atoms with Crippen LogP contribution in [0.4, 0.5) is 11.4 Å². The summed E-state index contributed by atoms with van der Waals surface area (Å²) in [7, 11) is 0. The maximum atomic E-state index is 13.5. The molecule has 1 amide bonds. The normalized spacial score (nSPS) is 10.6. The first-order valence-electron chi connectivity index (χ1n) is 12.6. The molecule has 2 aromatic heterocycles. The molecule has 0 radical (unpaired) electrons. The van der Waals surface area contributed by atoms with E-state index in [9.17, 15) is 9.59 Å². The molecule has 0 atom stereocenters. The average molecular weight is 518 g/mol. The molecule has 39 heavy (non-hydrogen) atoms. The standard InChI is InChI=1S/C31H27N5O3/c37-30(33-20-18-25-11-7-8-19-32-25)24-14-16-26(17-15-24)35-29-28(39-27-12-5-2-6-13-27)21-34-36(31(29)38)22-23-9-3-1-4-10-23/h1-17,19,21,35H,18,20,22H2,(H,33,37). The number of nitrogens with zero attached hydrogens (tertiary/aromatic N) is 3. The summed E-state index contributed by atoms with van der Waals surface area (Å²) in [4.78, 5) is 30.4. The van der Waals surface area contributed by atoms with E-state index in [0.717, 1.165) is 11.3 Å². The third-order valence-corrected chi connectivity index (χ3v) is 5.96. The van der Waals surface area contributed by atoms with E-state index in [1.807, 2.05) is 66.7 Å². The molecule has 8 heteroatoms. The zero-order valence-corrected chi connectivity index (χ0v) is 21.2. The van der Waals surface area contributed by atoms with E-state index in [1.54, 1.807) is 42.6 Å². The van der Waals surface area contributed by atoms with Crippen molar-refractivity contribution in [2.75, 3.05) is 11.9 Å². The Morgan fingerprint density at radius 2 is 1.56 bits per heavy atom. The van der Waals surface area contributed by atoms with Crippen LogP contribution in [0.1, 0.15) is 21.6 Å². The molecule has 194 valence electrons. The van der Waals surface area contributed by atoms with Gasteiger partial charge in [-0.3, -0.25) is 14.6 Å². The molecule has 0 fully saturated rings. The Morgan fingerprint density at radius 3 is 2.28 bits per heavy atom. The number of hydrogen-bond acceptors (Lipinski definition) is 6. The van der Waals surface area contributed by atoms with Gasteiger partial charge in [-0.05, 0) is 54.1 Å². The molecule has 2 heterocycles. The molecule has 0 bridgehead atoms. The Balaban J connectivity index is 1.33. The van der Waals surface area contributed by atoms with Crippen molar-refractivity contribution in [2.24, 2.45) is 0 Å². The lowest BCUT2D eigenvalue weighted by Crippen LogP contribution is -2.26. The SMILES string of the molecule is O=C(NCCc1ccccn1)c1ccc(Nc2c(Oc3ccccc3)cnn(Cc3ccccc3)c2=O)cc1. The van der Waals surface area contributed by atoms with Gasteiger partial charge in [-0.15, -0.1) is 0 Å². The van der Waals surface area contributed by atoms with Crippen LogP contribution in [0, 0.1) is 0 Å². The van der Waals surface area contributed by atoms with Gasteiger partial charge in [0.2, 0.25) is 0 Å². The van der Waals surface area contributed by atoms with Crippen LogP contribution in [0.5, 0.6) is 11.5 Å². The highest BCUT2D eigenvalue weighted by atomic mass is 16.5. The lowest BCUT2D eigenvalue weighted by molar-refractivity contribution is 0.0954. The number of anilines is 2. The Morgan fingerprint density at radius 1 is 0.846 bits per heavy atom. The topological polar surface area (TPSA) is 98.1 Å². The smallest absolute Gasteiger partial charge is 0.294 e. The minimum Gasteiger partial charge on any atom is -0.453 e. The maximum absolute atomic E-state index is 13.5. The molecular weight excluding hydrogens is 490 g/mol. The summed E-state index contributed by atoms with van der Waals surface area (Å²) in [6.07, 6.45) is 3.91. The second-order valence-corrected chi connectivity index (χ2v) is 8.78. The molecule has 0 aliphatic carbocycles. The minimum absolute atomic E-state index is 0.181. The number of para-hydroxylation sites is 1. The van der Waals surface area contributed by atoms with Crippen molar-refractivity contribution in [2.45, 2.75) is 13.0 Å². The van der Waals surface area contributed by atoms with Crippen molar-refractivity contribution < 1.29 is 9.53 Å². The van der Waals surface area contributed by atoms with Gasteiger partial charge in [0.15, 0.2) is 11.4 Å². The van der Waals surface area contributed by atoms with E-state index < -0.39 is 0 Å². The molecule has 0 aliphatic rings. The van der Waals surface area contributed by atoms with Crippen molar-refractivity contribution in [3.05, 3.63) is 143 Å². The quantitative estimate of drug-likeness (QED) is 0.264. The van der Waals surface area contributed by atoms with Crippen LogP contribution in [0.25, 0.3) is 0 Å². The van der Waals surface area contributed by atoms with Crippen LogP contribution in [-0.2, 0) is 13.0 Å². The van der Waals surface area contributed by atoms with Crippen LogP contribution in [0.3, 0.4) is 0 Å². The molecule has 0 saturated carbocycles. The molecule has 0 saturated heterocycles. The molecule has 3 aromatic carbocycles. The fourth-order valence-corrected chi connectivity index (χ4v) is 3.95. The summed E-state index contributed by atoms with van der Waals surface area (Å²) in [6, 6.07) is 31.5. The number of nitrogens with one attached hydrogen (secondary N) is 2. The average Bonchev–Trinajstić information content (AvgIpc) is 2.98. The van der Waals surface area contributed by atoms with E-state index >= 15 is 0 Å². The van der Waals surface area contributed by atoms with Gasteiger partial charge in [-0.1, -0.05) is 54.6 Å². The third-order valence-electron chi connectivity index (χ3n) is 5.96. The van der Waals surface area contributed by atoms with Crippen molar-refractivity contribution in [3.63, 3.8) is 0 Å². The molecule has 8 nitrogen and oxygen atoms in total. The van der Waals surface area contributed by atoms with Crippen molar-refractivity contribution >= 4 is 17.3 Å². The summed E-state index contributed by atoms with van der Waals surface area (Å²) < 4.78 is 7.39. The Kier molecular flexibility index (Phi) is 8.04. The number of benzene rings is 3. The summed E-state index contributed by atoms with van der Waals surface area (Å²) in [5, 5.41) is 10.4. The van der Waals surface area contributed by atoms with Crippen LogP contribution < -0.4 is 20.9 Å². The second kappa shape index (κ2) is 12.3. The predicted octanol–water partition coefficient (Wildman–Crippen LogP) is 5.20. The number of pyridine rings is 1. The summed E-state index contributed by atoms with van der Waals surface area (Å²) in [5.74, 6) is 0.701. The number of rotatable bonds is 10. The molecule has 0 spiro atoms. The first kappa shape index (κ1) is 25.4. The lowest BCUT2D eigenvalue weighted by atomic mass is 10.2. The van der Waals surface area contributed by atoms with E-state index in [1.165, 1.54) is 10.9 Å². The third kappa shape index (κ3) is 6.75. The summed E-state index contributed by atoms with van der Waals surface area (Å²) in [5.41, 5.74) is 2.93. The van der Waals surface area contributed by atoms with E-state index in [4.69, 9.17) is 4.74 Å². The Hall–Kier alpha value is -5.24. The summed E-state index contributed by atoms with van der Waals surface area (Å²) >= 11 is 0. The van der Waals surface area contributed by atoms with Gasteiger partial charge in [-0.2, -0.15) is 5.10 Å². The van der Waals surface area contributed by atoms with E-state index in [-0.39, 0.29) is 17.2 Å². The molecule has 0 aliphatic heterocycles. The molecule has 2 N–H and O–H groups in total. The van der Waals surface area contributed by atoms with Gasteiger partial charge in [0.25, 0.3) is 11.5 Å². The van der Waals surface area contributed by atoms with Crippen molar-refractivity contribution in [3.8, 4) is 11.5 Å². The molecule has 5 rings (SSSR count). The van der Waals surface area contributed by atoms with Crippen LogP contribution in [-0.4, -0.2) is 27.2 Å². The van der Waals surface area contributed by atoms with Crippen LogP contribution >= 0.6 is 0 Å². The fraction of sp³-hybridized carbons (Fsp3) is 0.0968. The van der Waals surface area contributed by atoms with Gasteiger partial charge >= 0.3 is 0 Å². The highest BCUT2D eigenvalue weighted by Gasteiger charge is 2.15. The molecular formula is C31H27N5O3. The van der Waals surface area contributed by atoms with E-state index in [2.05, 4.69) is 20.7 Å². The number of aromatic nitrogens is 3. The van der Waals surface area contributed by atoms with Crippen molar-refractivity contribution in [1.29, 1.82) is 0 Å². The Bertz CT molecular complexity index is 1570. The van der Waals surface area contributed by atoms with Gasteiger partial charge in [0.1, 0.15) is 5.75 Å². The highest BCUT2D eigenvalue weighted by molar-refractivity contribution is 5.94. The number of hydrogen-bond donors (Lipinski definition) is 2. The fourth-order valence-electron chi connectivity index (χ4n) is 3.95.